The number of hydrogen-bond donors (Lipinski definition) is 2. The van der Waals surface area contributed by atoms with Crippen LogP contribution in [0.2, 0.25) is 0 Å². The molecule has 1 heterocycles. The number of hydrogen-bond acceptors (Lipinski definition) is 3. The van der Waals surface area contributed by atoms with Gasteiger partial charge in [-0.25, -0.2) is 4.98 Å². The van der Waals surface area contributed by atoms with Gasteiger partial charge in [0.1, 0.15) is 5.82 Å². The van der Waals surface area contributed by atoms with Crippen LogP contribution in [0.5, 0.6) is 0 Å². The predicted molar refractivity (Wildman–Crippen MR) is 66.6 cm³/mol. The number of pyridine rings is 1. The number of fused-ring (bicyclic) bond motifs is 1. The van der Waals surface area contributed by atoms with Gasteiger partial charge < -0.3 is 10.4 Å². The number of unbranched alkanes of at least 4 members (excludes halogenated alkanes) is 1. The molecule has 1 aromatic carbocycles. The number of aromatic nitrogens is 1. The molecule has 0 saturated carbocycles. The lowest BCUT2D eigenvalue weighted by atomic mass is 10.2. The maximum absolute atomic E-state index is 8.66. The Morgan fingerprint density at radius 1 is 1.06 bits per heavy atom. The number of anilines is 1. The van der Waals surface area contributed by atoms with Crippen molar-refractivity contribution in [3.63, 3.8) is 0 Å². The van der Waals surface area contributed by atoms with Crippen molar-refractivity contribution in [2.45, 2.75) is 12.8 Å². The summed E-state index contributed by atoms with van der Waals surface area (Å²) in [5.74, 6) is 0.900. The van der Waals surface area contributed by atoms with E-state index >= 15 is 0 Å². The Balaban J connectivity index is 2.02. The second-order valence-corrected chi connectivity index (χ2v) is 3.75. The molecule has 16 heavy (non-hydrogen) atoms. The van der Waals surface area contributed by atoms with Gasteiger partial charge in [-0.1, -0.05) is 18.2 Å². The second-order valence-electron chi connectivity index (χ2n) is 3.75. The molecular formula is C13H16N2O. The Kier molecular flexibility index (Phi) is 3.72. The Morgan fingerprint density at radius 2 is 1.94 bits per heavy atom. The smallest absolute Gasteiger partial charge is 0.126 e. The lowest BCUT2D eigenvalue weighted by molar-refractivity contribution is 0.286. The van der Waals surface area contributed by atoms with Gasteiger partial charge in [-0.05, 0) is 31.0 Å². The average Bonchev–Trinajstić information content (AvgIpc) is 2.34. The number of benzene rings is 1. The summed E-state index contributed by atoms with van der Waals surface area (Å²) in [6.07, 6.45) is 1.80. The molecule has 0 aliphatic carbocycles. The molecule has 0 atom stereocenters. The van der Waals surface area contributed by atoms with Crippen molar-refractivity contribution in [1.29, 1.82) is 0 Å². The van der Waals surface area contributed by atoms with Gasteiger partial charge in [-0.3, -0.25) is 0 Å². The van der Waals surface area contributed by atoms with E-state index in [0.29, 0.717) is 0 Å². The van der Waals surface area contributed by atoms with E-state index in [1.807, 2.05) is 24.3 Å². The van der Waals surface area contributed by atoms with E-state index in [-0.39, 0.29) is 6.61 Å². The molecule has 2 N–H and O–H groups in total. The van der Waals surface area contributed by atoms with Crippen LogP contribution in [0.3, 0.4) is 0 Å². The SMILES string of the molecule is OCCCCNc1ccc2ccccc2n1. The van der Waals surface area contributed by atoms with Gasteiger partial charge in [0, 0.05) is 18.5 Å². The zero-order chi connectivity index (χ0) is 11.2. The summed E-state index contributed by atoms with van der Waals surface area (Å²) >= 11 is 0. The molecular weight excluding hydrogens is 200 g/mol. The zero-order valence-electron chi connectivity index (χ0n) is 9.19. The van der Waals surface area contributed by atoms with Crippen molar-refractivity contribution in [3.8, 4) is 0 Å². The molecule has 0 spiro atoms. The van der Waals surface area contributed by atoms with Gasteiger partial charge in [0.25, 0.3) is 0 Å². The quantitative estimate of drug-likeness (QED) is 0.754. The van der Waals surface area contributed by atoms with Crippen LogP contribution in [0.1, 0.15) is 12.8 Å². The van der Waals surface area contributed by atoms with Crippen molar-refractivity contribution in [3.05, 3.63) is 36.4 Å². The van der Waals surface area contributed by atoms with Crippen LogP contribution in [0, 0.1) is 0 Å². The molecule has 1 aromatic heterocycles. The number of nitrogens with zero attached hydrogens (tertiary/aromatic N) is 1. The molecule has 3 heteroatoms. The summed E-state index contributed by atoms with van der Waals surface area (Å²) in [5.41, 5.74) is 1.01. The van der Waals surface area contributed by atoms with E-state index in [4.69, 9.17) is 5.11 Å². The van der Waals surface area contributed by atoms with Crippen LogP contribution in [-0.2, 0) is 0 Å². The van der Waals surface area contributed by atoms with Gasteiger partial charge in [0.2, 0.25) is 0 Å². The highest BCUT2D eigenvalue weighted by atomic mass is 16.2. The first kappa shape index (κ1) is 10.9. The number of para-hydroxylation sites is 1. The maximum atomic E-state index is 8.66. The minimum Gasteiger partial charge on any atom is -0.396 e. The van der Waals surface area contributed by atoms with Crippen molar-refractivity contribution >= 4 is 16.7 Å². The van der Waals surface area contributed by atoms with Crippen LogP contribution < -0.4 is 5.32 Å². The van der Waals surface area contributed by atoms with E-state index in [1.54, 1.807) is 0 Å². The highest BCUT2D eigenvalue weighted by Crippen LogP contribution is 2.14. The Morgan fingerprint density at radius 3 is 2.81 bits per heavy atom. The third kappa shape index (κ3) is 2.70. The summed E-state index contributed by atoms with van der Waals surface area (Å²) < 4.78 is 0. The van der Waals surface area contributed by atoms with Gasteiger partial charge in [-0.15, -0.1) is 0 Å². The van der Waals surface area contributed by atoms with E-state index in [2.05, 4.69) is 22.4 Å². The Labute approximate surface area is 95.1 Å². The normalized spacial score (nSPS) is 10.6. The number of aliphatic hydroxyl groups excluding tert-OH is 1. The Bertz CT molecular complexity index is 456. The topological polar surface area (TPSA) is 45.1 Å². The molecule has 0 aliphatic rings. The molecule has 84 valence electrons. The van der Waals surface area contributed by atoms with E-state index in [0.717, 1.165) is 36.1 Å². The Hall–Kier alpha value is -1.61. The first-order chi connectivity index (χ1) is 7.90. The van der Waals surface area contributed by atoms with Crippen molar-refractivity contribution in [2.24, 2.45) is 0 Å². The average molecular weight is 216 g/mol. The number of aliphatic hydroxyl groups is 1. The van der Waals surface area contributed by atoms with Crippen LogP contribution >= 0.6 is 0 Å². The predicted octanol–water partition coefficient (Wildman–Crippen LogP) is 2.42. The summed E-state index contributed by atoms with van der Waals surface area (Å²) in [5, 5.41) is 13.1. The number of rotatable bonds is 5. The second kappa shape index (κ2) is 5.47. The van der Waals surface area contributed by atoms with Crippen LogP contribution in [0.15, 0.2) is 36.4 Å². The summed E-state index contributed by atoms with van der Waals surface area (Å²) in [4.78, 5) is 4.50. The minimum absolute atomic E-state index is 0.257. The molecule has 3 nitrogen and oxygen atoms in total. The molecule has 0 fully saturated rings. The molecule has 0 aliphatic heterocycles. The molecule has 2 rings (SSSR count). The zero-order valence-corrected chi connectivity index (χ0v) is 9.19. The van der Waals surface area contributed by atoms with E-state index in [1.165, 1.54) is 0 Å². The van der Waals surface area contributed by atoms with Gasteiger partial charge >= 0.3 is 0 Å². The first-order valence-corrected chi connectivity index (χ1v) is 5.61. The van der Waals surface area contributed by atoms with Crippen molar-refractivity contribution in [2.75, 3.05) is 18.5 Å². The molecule has 0 saturated heterocycles. The van der Waals surface area contributed by atoms with Gasteiger partial charge in [0.15, 0.2) is 0 Å². The highest BCUT2D eigenvalue weighted by Gasteiger charge is 1.96. The fourth-order valence-corrected chi connectivity index (χ4v) is 1.62. The van der Waals surface area contributed by atoms with Crippen molar-refractivity contribution in [1.82, 2.24) is 4.98 Å². The summed E-state index contributed by atoms with van der Waals surface area (Å²) in [6.45, 7) is 1.11. The first-order valence-electron chi connectivity index (χ1n) is 5.61. The summed E-state index contributed by atoms with van der Waals surface area (Å²) in [6, 6.07) is 12.1. The fraction of sp³-hybridized carbons (Fsp3) is 0.308. The summed E-state index contributed by atoms with van der Waals surface area (Å²) in [7, 11) is 0. The standard InChI is InChI=1S/C13H16N2O/c16-10-4-3-9-14-13-8-7-11-5-1-2-6-12(11)15-13/h1-2,5-8,16H,3-4,9-10H2,(H,14,15). The lowest BCUT2D eigenvalue weighted by Gasteiger charge is -2.05. The van der Waals surface area contributed by atoms with Gasteiger partial charge in [0.05, 0.1) is 5.52 Å². The van der Waals surface area contributed by atoms with E-state index in [9.17, 15) is 0 Å². The van der Waals surface area contributed by atoms with Gasteiger partial charge in [-0.2, -0.15) is 0 Å². The monoisotopic (exact) mass is 216 g/mol. The third-order valence-corrected chi connectivity index (χ3v) is 2.49. The fourth-order valence-electron chi connectivity index (χ4n) is 1.62. The minimum atomic E-state index is 0.257. The van der Waals surface area contributed by atoms with E-state index < -0.39 is 0 Å². The molecule has 2 aromatic rings. The van der Waals surface area contributed by atoms with Crippen LogP contribution in [0.25, 0.3) is 10.9 Å². The molecule has 0 radical (unpaired) electrons. The van der Waals surface area contributed by atoms with Crippen LogP contribution in [-0.4, -0.2) is 23.2 Å². The third-order valence-electron chi connectivity index (χ3n) is 2.49. The highest BCUT2D eigenvalue weighted by molar-refractivity contribution is 5.79. The molecule has 0 unspecified atom stereocenters. The van der Waals surface area contributed by atoms with Crippen LogP contribution in [0.4, 0.5) is 5.82 Å². The largest absolute Gasteiger partial charge is 0.396 e. The van der Waals surface area contributed by atoms with Crippen molar-refractivity contribution < 1.29 is 5.11 Å². The maximum Gasteiger partial charge on any atom is 0.126 e. The molecule has 0 bridgehead atoms. The molecule has 0 amide bonds. The lowest BCUT2D eigenvalue weighted by Crippen LogP contribution is -2.03. The number of nitrogens with one attached hydrogen (secondary N) is 1.